The van der Waals surface area contributed by atoms with Crippen LogP contribution in [-0.2, 0) is 29.3 Å². The van der Waals surface area contributed by atoms with E-state index in [4.69, 9.17) is 4.78 Å². The largest absolute Gasteiger partial charge is 0.435 e. The molecule has 0 aliphatic heterocycles. The Morgan fingerprint density at radius 3 is 2.62 bits per heavy atom. The van der Waals surface area contributed by atoms with Crippen LogP contribution in [0.4, 0.5) is 13.2 Å². The van der Waals surface area contributed by atoms with E-state index in [1.807, 2.05) is 13.0 Å². The monoisotopic (exact) mass is 419 g/mol. The molecule has 0 amide bonds. The van der Waals surface area contributed by atoms with E-state index in [9.17, 15) is 18.4 Å². The number of halogens is 3. The smallest absolute Gasteiger partial charge is 0.309 e. The second-order valence-electron chi connectivity index (χ2n) is 6.87. The first kappa shape index (κ1) is 19.4. The van der Waals surface area contributed by atoms with Gasteiger partial charge in [0.1, 0.15) is 11.2 Å². The molecule has 3 aromatic rings. The van der Waals surface area contributed by atoms with Gasteiger partial charge in [0.25, 0.3) is 0 Å². The number of rotatable bonds is 4. The summed E-state index contributed by atoms with van der Waals surface area (Å²) in [6, 6.07) is 5.00. The van der Waals surface area contributed by atoms with Crippen molar-refractivity contribution in [3.8, 4) is 17.6 Å². The maximum absolute atomic E-state index is 13.0. The number of aromatic nitrogens is 5. The van der Waals surface area contributed by atoms with Crippen LogP contribution in [0.15, 0.2) is 23.2 Å². The Bertz CT molecular complexity index is 1190. The number of aryl methyl sites for hydroxylation is 1. The normalized spacial score (nSPS) is 16.6. The maximum atomic E-state index is 13.0. The molecule has 1 saturated carbocycles. The van der Waals surface area contributed by atoms with E-state index in [0.29, 0.717) is 22.2 Å². The fourth-order valence-electron chi connectivity index (χ4n) is 3.14. The Morgan fingerprint density at radius 1 is 1.31 bits per heavy atom. The highest BCUT2D eigenvalue weighted by Crippen LogP contribution is 2.48. The summed E-state index contributed by atoms with van der Waals surface area (Å²) < 4.78 is 48.8. The van der Waals surface area contributed by atoms with E-state index in [2.05, 4.69) is 26.2 Å². The van der Waals surface area contributed by atoms with Crippen molar-refractivity contribution < 1.29 is 13.2 Å². The zero-order valence-corrected chi connectivity index (χ0v) is 16.4. The summed E-state index contributed by atoms with van der Waals surface area (Å²) in [5.41, 5.74) is -0.221. The molecule has 3 aromatic heterocycles. The van der Waals surface area contributed by atoms with E-state index in [1.54, 1.807) is 13.2 Å². The summed E-state index contributed by atoms with van der Waals surface area (Å²) in [5.74, 6) is 0.856. The molecule has 0 saturated heterocycles. The number of nitrogens with one attached hydrogen (secondary N) is 1. The Hall–Kier alpha value is -2.87. The first-order chi connectivity index (χ1) is 13.7. The van der Waals surface area contributed by atoms with Gasteiger partial charge in [0.2, 0.25) is 0 Å². The predicted molar refractivity (Wildman–Crippen MR) is 100.0 cm³/mol. The van der Waals surface area contributed by atoms with E-state index in [-0.39, 0.29) is 11.2 Å². The molecule has 7 nitrogen and oxygen atoms in total. The molecular weight excluding hydrogens is 403 g/mol. The van der Waals surface area contributed by atoms with Gasteiger partial charge in [0, 0.05) is 30.0 Å². The second kappa shape index (κ2) is 6.59. The van der Waals surface area contributed by atoms with Crippen molar-refractivity contribution in [2.45, 2.75) is 36.3 Å². The van der Waals surface area contributed by atoms with Crippen molar-refractivity contribution >= 4 is 21.9 Å². The third kappa shape index (κ3) is 3.17. The molecular formula is C18H16F3N7S. The molecule has 0 aromatic carbocycles. The molecule has 29 heavy (non-hydrogen) atoms. The molecule has 0 radical (unpaired) electrons. The van der Waals surface area contributed by atoms with Crippen molar-refractivity contribution in [3.63, 3.8) is 0 Å². The van der Waals surface area contributed by atoms with E-state index < -0.39 is 28.0 Å². The molecule has 150 valence electrons. The lowest BCUT2D eigenvalue weighted by Gasteiger charge is -2.13. The predicted octanol–water partition coefficient (Wildman–Crippen LogP) is 3.76. The van der Waals surface area contributed by atoms with Crippen LogP contribution in [0.1, 0.15) is 31.0 Å². The lowest BCUT2D eigenvalue weighted by molar-refractivity contribution is -0.141. The van der Waals surface area contributed by atoms with Gasteiger partial charge in [-0.15, -0.1) is 10.2 Å². The molecule has 11 heteroatoms. The summed E-state index contributed by atoms with van der Waals surface area (Å²) >= 11 is 0. The number of nitrogens with zero attached hydrogens (tertiary/aromatic N) is 6. The van der Waals surface area contributed by atoms with Crippen molar-refractivity contribution in [2.24, 2.45) is 7.05 Å². The minimum atomic E-state index is -4.62. The minimum absolute atomic E-state index is 0.0544. The molecule has 1 aliphatic carbocycles. The van der Waals surface area contributed by atoms with Crippen LogP contribution in [0.2, 0.25) is 0 Å². The molecule has 0 bridgehead atoms. The van der Waals surface area contributed by atoms with E-state index in [0.717, 1.165) is 24.5 Å². The lowest BCUT2D eigenvalue weighted by Crippen LogP contribution is -2.09. The number of hydrogen-bond donors (Lipinski definition) is 1. The highest BCUT2D eigenvalue weighted by molar-refractivity contribution is 7.86. The van der Waals surface area contributed by atoms with Gasteiger partial charge in [-0.3, -0.25) is 9.76 Å². The van der Waals surface area contributed by atoms with Crippen molar-refractivity contribution in [2.75, 3.05) is 5.75 Å². The van der Waals surface area contributed by atoms with E-state index in [1.165, 1.54) is 4.57 Å². The van der Waals surface area contributed by atoms with Gasteiger partial charge in [-0.1, -0.05) is 17.6 Å². The standard InChI is InChI=1S/C18H16F3N7S/c1-3-29(23)12-6-10(17(9-22)4-5-17)8-24-14(12)16-25-11-7-13(18(19,20)21)26-27-15(11)28(16)2/h6-8,23H,3-5H2,1-2H3. The van der Waals surface area contributed by atoms with Gasteiger partial charge in [0.15, 0.2) is 17.2 Å². The van der Waals surface area contributed by atoms with Crippen LogP contribution < -0.4 is 0 Å². The van der Waals surface area contributed by atoms with Crippen molar-refractivity contribution in [1.82, 2.24) is 24.7 Å². The number of hydrogen-bond acceptors (Lipinski definition) is 6. The maximum Gasteiger partial charge on any atom is 0.435 e. The Morgan fingerprint density at radius 2 is 2.03 bits per heavy atom. The number of pyridine rings is 1. The van der Waals surface area contributed by atoms with Crippen LogP contribution >= 0.6 is 0 Å². The summed E-state index contributed by atoms with van der Waals surface area (Å²) in [6.07, 6.45) is -1.50. The van der Waals surface area contributed by atoms with Crippen LogP contribution in [0.25, 0.3) is 22.7 Å². The number of nitriles is 1. The molecule has 1 N–H and O–H groups in total. The third-order valence-corrected chi connectivity index (χ3v) is 6.46. The van der Waals surface area contributed by atoms with E-state index >= 15 is 0 Å². The zero-order chi connectivity index (χ0) is 21.0. The molecule has 1 aliphatic rings. The minimum Gasteiger partial charge on any atom is -0.309 e. The average Bonchev–Trinajstić information content (AvgIpc) is 3.44. The summed E-state index contributed by atoms with van der Waals surface area (Å²) in [7, 11) is 0.711. The average molecular weight is 419 g/mol. The first-order valence-corrected chi connectivity index (χ1v) is 10.2. The van der Waals surface area contributed by atoms with Crippen LogP contribution in [0, 0.1) is 16.1 Å². The lowest BCUT2D eigenvalue weighted by atomic mass is 9.99. The fraction of sp³-hybridized carbons (Fsp3) is 0.389. The Kier molecular flexibility index (Phi) is 4.42. The van der Waals surface area contributed by atoms with Crippen molar-refractivity contribution in [1.29, 1.82) is 10.0 Å². The van der Waals surface area contributed by atoms with Crippen molar-refractivity contribution in [3.05, 3.63) is 29.6 Å². The first-order valence-electron chi connectivity index (χ1n) is 8.82. The van der Waals surface area contributed by atoms with Gasteiger partial charge in [-0.25, -0.2) is 4.98 Å². The molecule has 1 atom stereocenters. The molecule has 3 heterocycles. The quantitative estimate of drug-likeness (QED) is 0.693. The molecule has 1 fully saturated rings. The number of alkyl halides is 3. The molecule has 1 unspecified atom stereocenters. The van der Waals surface area contributed by atoms with Gasteiger partial charge < -0.3 is 4.57 Å². The summed E-state index contributed by atoms with van der Waals surface area (Å²) in [5, 5.41) is 16.4. The van der Waals surface area contributed by atoms with Gasteiger partial charge in [0.05, 0.1) is 11.5 Å². The topological polar surface area (TPSA) is 104 Å². The van der Waals surface area contributed by atoms with Crippen LogP contribution in [0.5, 0.6) is 0 Å². The Labute approximate surface area is 166 Å². The zero-order valence-electron chi connectivity index (χ0n) is 15.6. The highest BCUT2D eigenvalue weighted by Gasteiger charge is 2.45. The van der Waals surface area contributed by atoms with Gasteiger partial charge in [-0.2, -0.15) is 18.4 Å². The molecule has 4 rings (SSSR count). The fourth-order valence-corrected chi connectivity index (χ4v) is 4.10. The second-order valence-corrected chi connectivity index (χ2v) is 8.67. The Balaban J connectivity index is 1.90. The number of imidazole rings is 1. The SMILES string of the molecule is CCS(=N)c1cc(C2(C#N)CC2)cnc1-c1nc2cc(C(F)(F)F)nnc2n1C. The summed E-state index contributed by atoms with van der Waals surface area (Å²) in [6.45, 7) is 1.87. The number of fused-ring (bicyclic) bond motifs is 1. The van der Waals surface area contributed by atoms with Gasteiger partial charge >= 0.3 is 6.18 Å². The van der Waals surface area contributed by atoms with Crippen LogP contribution in [0.3, 0.4) is 0 Å². The highest BCUT2D eigenvalue weighted by atomic mass is 32.2. The van der Waals surface area contributed by atoms with Crippen LogP contribution in [-0.4, -0.2) is 30.5 Å². The third-order valence-electron chi connectivity index (χ3n) is 5.04. The summed E-state index contributed by atoms with van der Waals surface area (Å²) in [4.78, 5) is 9.42. The molecule has 0 spiro atoms. The van der Waals surface area contributed by atoms with Gasteiger partial charge in [-0.05, 0) is 24.5 Å².